The molecule has 4 rings (SSSR count). The van der Waals surface area contributed by atoms with Gasteiger partial charge in [-0.2, -0.15) is 31.6 Å². The Kier molecular flexibility index (Phi) is 13.6. The number of carboxylic acids is 2. The summed E-state index contributed by atoms with van der Waals surface area (Å²) in [7, 11) is 2.13. The van der Waals surface area contributed by atoms with Crippen LogP contribution >= 0.6 is 0 Å². The lowest BCUT2D eigenvalue weighted by Crippen LogP contribution is -2.43. The predicted molar refractivity (Wildman–Crippen MR) is 154 cm³/mol. The van der Waals surface area contributed by atoms with Gasteiger partial charge < -0.3 is 20.4 Å². The first-order chi connectivity index (χ1) is 21.9. The molecule has 1 aliphatic heterocycles. The number of aliphatic carboxylic acids is 2. The third-order valence-corrected chi connectivity index (χ3v) is 6.49. The van der Waals surface area contributed by atoms with Gasteiger partial charge in [0.2, 0.25) is 0 Å². The second kappa shape index (κ2) is 16.9. The van der Waals surface area contributed by atoms with E-state index in [0.717, 1.165) is 43.9 Å². The summed E-state index contributed by atoms with van der Waals surface area (Å²) in [6.07, 6.45) is -6.47. The first kappa shape index (κ1) is 37.9. The maximum absolute atomic E-state index is 13.1. The summed E-state index contributed by atoms with van der Waals surface area (Å²) in [5.41, 5.74) is 2.89. The Morgan fingerprint density at radius 3 is 2.02 bits per heavy atom. The molecule has 47 heavy (non-hydrogen) atoms. The van der Waals surface area contributed by atoms with E-state index >= 15 is 0 Å². The number of alkyl halides is 6. The largest absolute Gasteiger partial charge is 0.490 e. The summed E-state index contributed by atoms with van der Waals surface area (Å²) >= 11 is 0. The quantitative estimate of drug-likeness (QED) is 0.281. The number of hydrogen-bond donors (Lipinski definition) is 3. The molecule has 0 atom stereocenters. The summed E-state index contributed by atoms with van der Waals surface area (Å²) in [5, 5.41) is 26.2. The number of benzene rings is 2. The van der Waals surface area contributed by atoms with Gasteiger partial charge in [0.25, 0.3) is 5.91 Å². The van der Waals surface area contributed by atoms with Crippen LogP contribution in [0.1, 0.15) is 34.3 Å². The molecule has 1 aliphatic rings. The summed E-state index contributed by atoms with van der Waals surface area (Å²) < 4.78 is 76.6. The van der Waals surface area contributed by atoms with Crippen molar-refractivity contribution in [3.05, 3.63) is 89.4 Å². The van der Waals surface area contributed by atoms with Gasteiger partial charge in [0.15, 0.2) is 0 Å². The molecule has 1 saturated heterocycles. The molecular formula is C30H28F7N5O5. The molecule has 0 spiro atoms. The number of rotatable bonds is 6. The molecule has 0 saturated carbocycles. The van der Waals surface area contributed by atoms with Crippen LogP contribution in [0.4, 0.5) is 42.2 Å². The number of nitrogens with zero attached hydrogens (tertiary/aromatic N) is 4. The molecule has 0 bridgehead atoms. The van der Waals surface area contributed by atoms with E-state index in [1.807, 2.05) is 24.3 Å². The Hall–Kier alpha value is -5.24. The predicted octanol–water partition coefficient (Wildman–Crippen LogP) is 5.71. The molecule has 1 amide bonds. The zero-order chi connectivity index (χ0) is 35.4. The molecule has 3 N–H and O–H groups in total. The van der Waals surface area contributed by atoms with E-state index in [0.29, 0.717) is 22.9 Å². The topological polar surface area (TPSA) is 147 Å². The molecule has 2 aromatic carbocycles. The Bertz CT molecular complexity index is 1530. The summed E-state index contributed by atoms with van der Waals surface area (Å²) in [6.45, 7) is 2.55. The van der Waals surface area contributed by atoms with Gasteiger partial charge in [0.1, 0.15) is 11.6 Å². The van der Waals surface area contributed by atoms with Gasteiger partial charge in [-0.25, -0.2) is 19.0 Å². The van der Waals surface area contributed by atoms with E-state index in [4.69, 9.17) is 25.1 Å². The van der Waals surface area contributed by atoms with Crippen molar-refractivity contribution >= 4 is 29.4 Å². The van der Waals surface area contributed by atoms with Crippen molar-refractivity contribution in [2.45, 2.75) is 37.8 Å². The number of anilines is 2. The summed E-state index contributed by atoms with van der Waals surface area (Å²) in [4.78, 5) is 39.3. The molecule has 2 heterocycles. The molecule has 0 unspecified atom stereocenters. The van der Waals surface area contributed by atoms with Gasteiger partial charge in [-0.05, 0) is 67.9 Å². The summed E-state index contributed by atoms with van der Waals surface area (Å²) in [5.74, 6) is -5.34. The zero-order valence-electron chi connectivity index (χ0n) is 24.5. The van der Waals surface area contributed by atoms with E-state index in [1.54, 1.807) is 12.3 Å². The van der Waals surface area contributed by atoms with Crippen LogP contribution in [0.5, 0.6) is 0 Å². The monoisotopic (exact) mass is 671 g/mol. The molecular weight excluding hydrogens is 643 g/mol. The van der Waals surface area contributed by atoms with Crippen LogP contribution in [0.3, 0.4) is 0 Å². The molecule has 0 aliphatic carbocycles. The van der Waals surface area contributed by atoms with E-state index in [-0.39, 0.29) is 11.7 Å². The van der Waals surface area contributed by atoms with Gasteiger partial charge in [0.05, 0.1) is 11.6 Å². The van der Waals surface area contributed by atoms with Crippen molar-refractivity contribution < 1.29 is 55.3 Å². The normalized spacial score (nSPS) is 13.3. The lowest BCUT2D eigenvalue weighted by molar-refractivity contribution is -0.193. The summed E-state index contributed by atoms with van der Waals surface area (Å²) in [6, 6.07) is 19.5. The minimum atomic E-state index is -5.08. The molecule has 0 radical (unpaired) electrons. The third-order valence-electron chi connectivity index (χ3n) is 6.49. The maximum atomic E-state index is 13.1. The van der Waals surface area contributed by atoms with Crippen molar-refractivity contribution in [3.63, 3.8) is 0 Å². The standard InChI is InChI=1S/C26H26FN5O.2C2HF3O2/c1-31(18-20-4-2-3-19(15-20)17-28)24-10-13-32(14-11-24)25-16-23(9-12-29-25)30-26(33)21-5-7-22(27)8-6-21;2*3-2(4,5)1(6)7/h2-9,12,15-16,24H,10-11,13-14,18H2,1H3,(H,29,30,33);2*(H,6,7). The smallest absolute Gasteiger partial charge is 0.475 e. The zero-order valence-corrected chi connectivity index (χ0v) is 24.5. The van der Waals surface area contributed by atoms with Gasteiger partial charge in [0, 0.05) is 49.2 Å². The molecule has 252 valence electrons. The fraction of sp³-hybridized carbons (Fsp3) is 0.300. The number of hydrogen-bond acceptors (Lipinski definition) is 7. The average molecular weight is 672 g/mol. The molecule has 3 aromatic rings. The van der Waals surface area contributed by atoms with Crippen LogP contribution in [0, 0.1) is 17.1 Å². The van der Waals surface area contributed by atoms with E-state index < -0.39 is 24.3 Å². The fourth-order valence-corrected chi connectivity index (χ4v) is 4.17. The number of carbonyl (C=O) groups is 3. The molecule has 1 aromatic heterocycles. The Morgan fingerprint density at radius 2 is 1.51 bits per heavy atom. The van der Waals surface area contributed by atoms with Gasteiger partial charge in [-0.1, -0.05) is 12.1 Å². The number of carbonyl (C=O) groups excluding carboxylic acids is 1. The van der Waals surface area contributed by atoms with Crippen molar-refractivity contribution in [3.8, 4) is 6.07 Å². The fourth-order valence-electron chi connectivity index (χ4n) is 4.17. The van der Waals surface area contributed by atoms with Crippen LogP contribution in [-0.4, -0.2) is 76.5 Å². The number of piperidine rings is 1. The van der Waals surface area contributed by atoms with Crippen molar-refractivity contribution in [1.29, 1.82) is 5.26 Å². The SMILES string of the molecule is CN(Cc1cccc(C#N)c1)C1CCN(c2cc(NC(=O)c3ccc(F)cc3)ccn2)CC1.O=C(O)C(F)(F)F.O=C(O)C(F)(F)F. The molecule has 17 heteroatoms. The number of halogens is 7. The lowest BCUT2D eigenvalue weighted by Gasteiger charge is -2.37. The number of pyridine rings is 1. The van der Waals surface area contributed by atoms with Gasteiger partial charge in [-0.15, -0.1) is 0 Å². The van der Waals surface area contributed by atoms with Crippen molar-refractivity contribution in [2.75, 3.05) is 30.4 Å². The van der Waals surface area contributed by atoms with E-state index in [9.17, 15) is 35.5 Å². The number of amides is 1. The highest BCUT2D eigenvalue weighted by atomic mass is 19.4. The average Bonchev–Trinajstić information content (AvgIpc) is 3.01. The van der Waals surface area contributed by atoms with Crippen LogP contribution in [0.25, 0.3) is 0 Å². The van der Waals surface area contributed by atoms with Crippen molar-refractivity contribution in [1.82, 2.24) is 9.88 Å². The highest BCUT2D eigenvalue weighted by molar-refractivity contribution is 6.04. The van der Waals surface area contributed by atoms with Crippen LogP contribution in [0.15, 0.2) is 66.9 Å². The van der Waals surface area contributed by atoms with Crippen LogP contribution in [0.2, 0.25) is 0 Å². The minimum absolute atomic E-state index is 0.284. The van der Waals surface area contributed by atoms with Crippen molar-refractivity contribution in [2.24, 2.45) is 0 Å². The Morgan fingerprint density at radius 1 is 0.957 bits per heavy atom. The Balaban J connectivity index is 0.000000459. The number of nitriles is 1. The second-order valence-electron chi connectivity index (χ2n) is 9.92. The molecule has 1 fully saturated rings. The van der Waals surface area contributed by atoms with Gasteiger partial charge >= 0.3 is 24.3 Å². The van der Waals surface area contributed by atoms with Crippen LogP contribution in [-0.2, 0) is 16.1 Å². The van der Waals surface area contributed by atoms with Crippen LogP contribution < -0.4 is 10.2 Å². The van der Waals surface area contributed by atoms with E-state index in [1.165, 1.54) is 24.3 Å². The highest BCUT2D eigenvalue weighted by Crippen LogP contribution is 2.24. The number of carboxylic acid groups (broad SMARTS) is 2. The highest BCUT2D eigenvalue weighted by Gasteiger charge is 2.38. The number of aromatic nitrogens is 1. The number of nitrogens with one attached hydrogen (secondary N) is 1. The second-order valence-corrected chi connectivity index (χ2v) is 9.92. The minimum Gasteiger partial charge on any atom is -0.475 e. The Labute approximate surface area is 263 Å². The lowest BCUT2D eigenvalue weighted by atomic mass is 10.0. The first-order valence-corrected chi connectivity index (χ1v) is 13.5. The maximum Gasteiger partial charge on any atom is 0.490 e. The van der Waals surface area contributed by atoms with Gasteiger partial charge in [-0.3, -0.25) is 9.69 Å². The first-order valence-electron chi connectivity index (χ1n) is 13.5. The third kappa shape index (κ3) is 13.0. The molecule has 10 nitrogen and oxygen atoms in total. The van der Waals surface area contributed by atoms with E-state index in [2.05, 4.69) is 39.3 Å².